The van der Waals surface area contributed by atoms with Crippen LogP contribution in [-0.4, -0.2) is 12.6 Å². The Morgan fingerprint density at radius 3 is 2.56 bits per heavy atom. The van der Waals surface area contributed by atoms with E-state index in [1.807, 2.05) is 6.92 Å². The minimum absolute atomic E-state index is 0.194. The van der Waals surface area contributed by atoms with Gasteiger partial charge in [0.1, 0.15) is 4.88 Å². The van der Waals surface area contributed by atoms with E-state index < -0.39 is 0 Å². The quantitative estimate of drug-likeness (QED) is 0.744. The van der Waals surface area contributed by atoms with Crippen molar-refractivity contribution in [3.05, 3.63) is 20.3 Å². The molecule has 0 atom stereocenters. The third-order valence-electron chi connectivity index (χ3n) is 2.62. The number of halogens is 1. The number of carbonyl (C=O) groups is 1. The second-order valence-electron chi connectivity index (χ2n) is 3.57. The molecule has 0 aliphatic carbocycles. The summed E-state index contributed by atoms with van der Waals surface area (Å²) in [6.07, 6.45) is 2.10. The molecule has 0 bridgehead atoms. The Hall–Kier alpha value is -0.350. The van der Waals surface area contributed by atoms with Crippen LogP contribution < -0.4 is 0 Å². The van der Waals surface area contributed by atoms with Gasteiger partial charge in [0.15, 0.2) is 0 Å². The van der Waals surface area contributed by atoms with Crippen LogP contribution in [0.4, 0.5) is 0 Å². The van der Waals surface area contributed by atoms with Gasteiger partial charge in [-0.3, -0.25) is 0 Å². The van der Waals surface area contributed by atoms with Gasteiger partial charge in [-0.25, -0.2) is 4.79 Å². The summed E-state index contributed by atoms with van der Waals surface area (Å²) in [5.74, 6) is 0.252. The first-order chi connectivity index (χ1) is 7.63. The zero-order chi connectivity index (χ0) is 12.1. The number of rotatable bonds is 5. The molecule has 0 amide bonds. The van der Waals surface area contributed by atoms with Crippen molar-refractivity contribution in [1.29, 1.82) is 0 Å². The molecule has 16 heavy (non-hydrogen) atoms. The zero-order valence-electron chi connectivity index (χ0n) is 9.88. The van der Waals surface area contributed by atoms with E-state index in [0.717, 1.165) is 27.1 Å². The van der Waals surface area contributed by atoms with E-state index in [2.05, 4.69) is 35.8 Å². The van der Waals surface area contributed by atoms with Crippen LogP contribution in [0.2, 0.25) is 0 Å². The second-order valence-corrected chi connectivity index (χ2v) is 6.00. The van der Waals surface area contributed by atoms with Crippen molar-refractivity contribution >= 4 is 33.2 Å². The minimum atomic E-state index is -0.194. The molecule has 0 aliphatic heterocycles. The first-order valence-electron chi connectivity index (χ1n) is 5.60. The maximum Gasteiger partial charge on any atom is 0.348 e. The SMILES string of the molecule is CCOC(=O)c1sc(Br)cc1C(CC)CC. The molecular formula is C12H17BrO2S. The van der Waals surface area contributed by atoms with Crippen molar-refractivity contribution < 1.29 is 9.53 Å². The zero-order valence-corrected chi connectivity index (χ0v) is 12.3. The van der Waals surface area contributed by atoms with E-state index in [9.17, 15) is 4.79 Å². The molecule has 2 nitrogen and oxygen atoms in total. The molecule has 1 heterocycles. The standard InChI is InChI=1S/C12H17BrO2S/c1-4-8(5-2)9-7-10(13)16-11(9)12(14)15-6-3/h7-8H,4-6H2,1-3H3. The number of thiophene rings is 1. The largest absolute Gasteiger partial charge is 0.462 e. The molecule has 0 spiro atoms. The number of ether oxygens (including phenoxy) is 1. The molecule has 1 aromatic rings. The maximum atomic E-state index is 11.8. The first kappa shape index (κ1) is 13.7. The van der Waals surface area contributed by atoms with Crippen LogP contribution >= 0.6 is 27.3 Å². The highest BCUT2D eigenvalue weighted by Crippen LogP contribution is 2.35. The lowest BCUT2D eigenvalue weighted by atomic mass is 9.94. The summed E-state index contributed by atoms with van der Waals surface area (Å²) in [4.78, 5) is 12.5. The van der Waals surface area contributed by atoms with E-state index in [-0.39, 0.29) is 5.97 Å². The van der Waals surface area contributed by atoms with Crippen LogP contribution in [-0.2, 0) is 4.74 Å². The van der Waals surface area contributed by atoms with Crippen LogP contribution in [0.5, 0.6) is 0 Å². The Morgan fingerprint density at radius 1 is 1.44 bits per heavy atom. The highest BCUT2D eigenvalue weighted by molar-refractivity contribution is 9.11. The van der Waals surface area contributed by atoms with Gasteiger partial charge in [-0.1, -0.05) is 13.8 Å². The molecule has 90 valence electrons. The fourth-order valence-corrected chi connectivity index (χ4v) is 3.36. The maximum absolute atomic E-state index is 11.8. The topological polar surface area (TPSA) is 26.3 Å². The van der Waals surface area contributed by atoms with Gasteiger partial charge in [-0.05, 0) is 53.2 Å². The van der Waals surface area contributed by atoms with Crippen LogP contribution in [0, 0.1) is 0 Å². The Balaban J connectivity index is 3.03. The predicted molar refractivity (Wildman–Crippen MR) is 71.3 cm³/mol. The molecule has 0 unspecified atom stereocenters. The van der Waals surface area contributed by atoms with Crippen molar-refractivity contribution in [2.75, 3.05) is 6.61 Å². The van der Waals surface area contributed by atoms with Gasteiger partial charge >= 0.3 is 5.97 Å². The van der Waals surface area contributed by atoms with Crippen LogP contribution in [0.1, 0.15) is 54.8 Å². The Morgan fingerprint density at radius 2 is 2.06 bits per heavy atom. The number of hydrogen-bond acceptors (Lipinski definition) is 3. The molecule has 0 fully saturated rings. The Kier molecular flexibility index (Phi) is 5.49. The molecule has 0 saturated heterocycles. The van der Waals surface area contributed by atoms with Crippen molar-refractivity contribution in [3.63, 3.8) is 0 Å². The van der Waals surface area contributed by atoms with E-state index >= 15 is 0 Å². The number of esters is 1. The molecule has 0 aliphatic rings. The number of carbonyl (C=O) groups excluding carboxylic acids is 1. The summed E-state index contributed by atoms with van der Waals surface area (Å²) in [5, 5.41) is 0. The fraction of sp³-hybridized carbons (Fsp3) is 0.583. The lowest BCUT2D eigenvalue weighted by Crippen LogP contribution is -2.07. The summed E-state index contributed by atoms with van der Waals surface area (Å²) in [7, 11) is 0. The lowest BCUT2D eigenvalue weighted by Gasteiger charge is -2.12. The van der Waals surface area contributed by atoms with Crippen molar-refractivity contribution in [2.45, 2.75) is 39.5 Å². The Labute approximate surface area is 109 Å². The van der Waals surface area contributed by atoms with Gasteiger partial charge in [0.25, 0.3) is 0 Å². The van der Waals surface area contributed by atoms with Gasteiger partial charge in [0.05, 0.1) is 10.4 Å². The molecule has 1 aromatic heterocycles. The molecule has 0 aromatic carbocycles. The molecule has 0 saturated carbocycles. The first-order valence-corrected chi connectivity index (χ1v) is 7.21. The van der Waals surface area contributed by atoms with Crippen molar-refractivity contribution in [3.8, 4) is 0 Å². The summed E-state index contributed by atoms with van der Waals surface area (Å²) >= 11 is 4.90. The molecule has 4 heteroatoms. The van der Waals surface area contributed by atoms with E-state index in [1.54, 1.807) is 0 Å². The molecule has 0 N–H and O–H groups in total. The smallest absolute Gasteiger partial charge is 0.348 e. The summed E-state index contributed by atoms with van der Waals surface area (Å²) < 4.78 is 6.07. The number of hydrogen-bond donors (Lipinski definition) is 0. The van der Waals surface area contributed by atoms with E-state index in [1.165, 1.54) is 11.3 Å². The average Bonchev–Trinajstić information content (AvgIpc) is 2.63. The van der Waals surface area contributed by atoms with Crippen LogP contribution in [0.25, 0.3) is 0 Å². The van der Waals surface area contributed by atoms with Crippen LogP contribution in [0.3, 0.4) is 0 Å². The normalized spacial score (nSPS) is 10.8. The van der Waals surface area contributed by atoms with Gasteiger partial charge in [0.2, 0.25) is 0 Å². The Bertz CT molecular complexity index is 356. The van der Waals surface area contributed by atoms with Gasteiger partial charge in [0, 0.05) is 0 Å². The monoisotopic (exact) mass is 304 g/mol. The fourth-order valence-electron chi connectivity index (χ4n) is 1.76. The average molecular weight is 305 g/mol. The molecule has 1 rings (SSSR count). The van der Waals surface area contributed by atoms with Gasteiger partial charge in [-0.15, -0.1) is 11.3 Å². The third kappa shape index (κ3) is 3.08. The van der Waals surface area contributed by atoms with Gasteiger partial charge in [-0.2, -0.15) is 0 Å². The van der Waals surface area contributed by atoms with Crippen molar-refractivity contribution in [2.24, 2.45) is 0 Å². The van der Waals surface area contributed by atoms with E-state index in [0.29, 0.717) is 12.5 Å². The highest BCUT2D eigenvalue weighted by Gasteiger charge is 2.21. The summed E-state index contributed by atoms with van der Waals surface area (Å²) in [6, 6.07) is 2.05. The van der Waals surface area contributed by atoms with Crippen LogP contribution in [0.15, 0.2) is 9.85 Å². The molecular weight excluding hydrogens is 288 g/mol. The van der Waals surface area contributed by atoms with Gasteiger partial charge < -0.3 is 4.74 Å². The summed E-state index contributed by atoms with van der Waals surface area (Å²) in [5.41, 5.74) is 1.13. The third-order valence-corrected chi connectivity index (χ3v) is 4.25. The van der Waals surface area contributed by atoms with Crippen molar-refractivity contribution in [1.82, 2.24) is 0 Å². The minimum Gasteiger partial charge on any atom is -0.462 e. The second kappa shape index (κ2) is 6.40. The highest BCUT2D eigenvalue weighted by atomic mass is 79.9. The molecule has 0 radical (unpaired) electrons. The predicted octanol–water partition coefficient (Wildman–Crippen LogP) is 4.59. The summed E-state index contributed by atoms with van der Waals surface area (Å²) in [6.45, 7) is 6.55. The lowest BCUT2D eigenvalue weighted by molar-refractivity contribution is 0.0530. The van der Waals surface area contributed by atoms with E-state index in [4.69, 9.17) is 4.74 Å².